The standard InChI is InChI=1S/C31H27FN8OS/c1-2-19-13-20(17-34-16-19)28-15-24-27(42-28)9-12-36-29(24)39(22-5-3-10-33-18-22)31(41)23-8-7-21(14-25(23)32)40-30-26(37-38-40)6-4-11-35-30/h4,6-9,11-17,22,33H,2-3,5,10,18H2,1H3/t22-/m1/s1. The molecule has 0 saturated carbocycles. The molecule has 6 aromatic rings. The Morgan fingerprint density at radius 3 is 2.90 bits per heavy atom. The van der Waals surface area contributed by atoms with E-state index in [-0.39, 0.29) is 11.6 Å². The predicted molar refractivity (Wildman–Crippen MR) is 162 cm³/mol. The zero-order chi connectivity index (χ0) is 28.6. The average molecular weight is 579 g/mol. The smallest absolute Gasteiger partial charge is 0.262 e. The molecule has 1 N–H and O–H groups in total. The van der Waals surface area contributed by atoms with E-state index < -0.39 is 11.7 Å². The van der Waals surface area contributed by atoms with Crippen LogP contribution in [0.15, 0.2) is 73.3 Å². The highest BCUT2D eigenvalue weighted by Crippen LogP contribution is 2.39. The number of fused-ring (bicyclic) bond motifs is 2. The second-order valence-electron chi connectivity index (χ2n) is 10.3. The predicted octanol–water partition coefficient (Wildman–Crippen LogP) is 5.59. The number of nitrogens with zero attached hydrogens (tertiary/aromatic N) is 7. The lowest BCUT2D eigenvalue weighted by atomic mass is 10.0. The van der Waals surface area contributed by atoms with Crippen LogP contribution < -0.4 is 10.2 Å². The van der Waals surface area contributed by atoms with Crippen molar-refractivity contribution in [1.29, 1.82) is 0 Å². The van der Waals surface area contributed by atoms with Crippen molar-refractivity contribution < 1.29 is 9.18 Å². The quantitative estimate of drug-likeness (QED) is 0.275. The number of aryl methyl sites for hydroxylation is 1. The Bertz CT molecular complexity index is 1930. The SMILES string of the molecule is CCc1cncc(-c2cc3c(N(C(=O)c4ccc(-n5nnc6cccnc65)cc4F)[C@@H]4CCCNC4)nccc3s2)c1. The van der Waals surface area contributed by atoms with Crippen LogP contribution in [0.5, 0.6) is 0 Å². The van der Waals surface area contributed by atoms with E-state index in [9.17, 15) is 4.79 Å². The van der Waals surface area contributed by atoms with Crippen molar-refractivity contribution in [3.8, 4) is 16.1 Å². The molecule has 1 atom stereocenters. The molecule has 5 aromatic heterocycles. The van der Waals surface area contributed by atoms with Gasteiger partial charge in [0.2, 0.25) is 0 Å². The second-order valence-corrected chi connectivity index (χ2v) is 11.4. The van der Waals surface area contributed by atoms with Crippen LogP contribution in [0.3, 0.4) is 0 Å². The highest BCUT2D eigenvalue weighted by atomic mass is 32.1. The van der Waals surface area contributed by atoms with Gasteiger partial charge in [0.05, 0.1) is 17.3 Å². The first-order valence-electron chi connectivity index (χ1n) is 13.9. The van der Waals surface area contributed by atoms with Gasteiger partial charge < -0.3 is 5.32 Å². The van der Waals surface area contributed by atoms with E-state index in [2.05, 4.69) is 44.7 Å². The molecule has 9 nitrogen and oxygen atoms in total. The molecule has 1 saturated heterocycles. The van der Waals surface area contributed by atoms with Crippen molar-refractivity contribution in [2.75, 3.05) is 18.0 Å². The van der Waals surface area contributed by atoms with Gasteiger partial charge >= 0.3 is 0 Å². The monoisotopic (exact) mass is 578 g/mol. The molecule has 1 aliphatic heterocycles. The molecule has 0 bridgehead atoms. The molecule has 1 fully saturated rings. The molecule has 1 aliphatic rings. The number of amides is 1. The van der Waals surface area contributed by atoms with Gasteiger partial charge in [-0.25, -0.2) is 14.4 Å². The van der Waals surface area contributed by atoms with Gasteiger partial charge in [-0.2, -0.15) is 4.68 Å². The van der Waals surface area contributed by atoms with Gasteiger partial charge in [-0.05, 0) is 73.8 Å². The minimum absolute atomic E-state index is 0.0317. The number of rotatable bonds is 6. The van der Waals surface area contributed by atoms with Crippen molar-refractivity contribution in [3.63, 3.8) is 0 Å². The maximum Gasteiger partial charge on any atom is 0.262 e. The topological polar surface area (TPSA) is 102 Å². The summed E-state index contributed by atoms with van der Waals surface area (Å²) in [5, 5.41) is 12.5. The van der Waals surface area contributed by atoms with Gasteiger partial charge in [-0.15, -0.1) is 16.4 Å². The number of hydrogen-bond acceptors (Lipinski definition) is 8. The number of thiophene rings is 1. The second kappa shape index (κ2) is 11.0. The van der Waals surface area contributed by atoms with E-state index in [0.717, 1.165) is 51.9 Å². The Balaban J connectivity index is 1.30. The van der Waals surface area contributed by atoms with E-state index in [0.29, 0.717) is 29.2 Å². The summed E-state index contributed by atoms with van der Waals surface area (Å²) >= 11 is 1.63. The number of halogens is 1. The molecule has 0 spiro atoms. The number of pyridine rings is 3. The van der Waals surface area contributed by atoms with Gasteiger partial charge in [-0.3, -0.25) is 14.7 Å². The first-order valence-corrected chi connectivity index (χ1v) is 14.8. The van der Waals surface area contributed by atoms with Gasteiger partial charge in [0.15, 0.2) is 5.65 Å². The molecular weight excluding hydrogens is 551 g/mol. The zero-order valence-corrected chi connectivity index (χ0v) is 23.7. The number of carbonyl (C=O) groups excluding carboxylic acids is 1. The van der Waals surface area contributed by atoms with Gasteiger partial charge in [0.25, 0.3) is 5.91 Å². The number of hydrogen-bond donors (Lipinski definition) is 1. The number of piperidine rings is 1. The molecule has 1 amide bonds. The number of carbonyl (C=O) groups is 1. The summed E-state index contributed by atoms with van der Waals surface area (Å²) in [5.41, 5.74) is 3.69. The number of benzene rings is 1. The third-order valence-electron chi connectivity index (χ3n) is 7.63. The molecule has 0 aliphatic carbocycles. The normalized spacial score (nSPS) is 15.3. The summed E-state index contributed by atoms with van der Waals surface area (Å²) in [6, 6.07) is 14.0. The lowest BCUT2D eigenvalue weighted by Crippen LogP contribution is -2.49. The molecular formula is C31H27FN8OS. The third-order valence-corrected chi connectivity index (χ3v) is 8.78. The third kappa shape index (κ3) is 4.70. The van der Waals surface area contributed by atoms with Gasteiger partial charge in [0.1, 0.15) is 17.2 Å². The molecule has 11 heteroatoms. The first kappa shape index (κ1) is 26.3. The van der Waals surface area contributed by atoms with Crippen LogP contribution in [-0.4, -0.2) is 55.0 Å². The summed E-state index contributed by atoms with van der Waals surface area (Å²) < 4.78 is 18.2. The van der Waals surface area contributed by atoms with Crippen molar-refractivity contribution in [2.45, 2.75) is 32.2 Å². The van der Waals surface area contributed by atoms with Crippen molar-refractivity contribution in [3.05, 3.63) is 90.3 Å². The molecule has 6 heterocycles. The largest absolute Gasteiger partial charge is 0.315 e. The summed E-state index contributed by atoms with van der Waals surface area (Å²) in [6.07, 6.45) is 9.67. The van der Waals surface area contributed by atoms with Gasteiger partial charge in [0, 0.05) is 57.9 Å². The van der Waals surface area contributed by atoms with Crippen molar-refractivity contribution in [1.82, 2.24) is 35.3 Å². The van der Waals surface area contributed by atoms with E-state index in [1.807, 2.05) is 18.5 Å². The first-order chi connectivity index (χ1) is 20.6. The number of anilines is 1. The highest BCUT2D eigenvalue weighted by molar-refractivity contribution is 7.22. The fraction of sp³-hybridized carbons (Fsp3) is 0.226. The number of aromatic nitrogens is 6. The molecule has 210 valence electrons. The molecule has 7 rings (SSSR count). The summed E-state index contributed by atoms with van der Waals surface area (Å²) in [6.45, 7) is 3.58. The van der Waals surface area contributed by atoms with Crippen LogP contribution in [0.25, 0.3) is 37.4 Å². The Morgan fingerprint density at radius 2 is 2.07 bits per heavy atom. The molecule has 42 heavy (non-hydrogen) atoms. The summed E-state index contributed by atoms with van der Waals surface area (Å²) in [4.78, 5) is 30.4. The highest BCUT2D eigenvalue weighted by Gasteiger charge is 2.32. The van der Waals surface area contributed by atoms with E-state index in [1.54, 1.807) is 46.8 Å². The molecule has 0 unspecified atom stereocenters. The van der Waals surface area contributed by atoms with E-state index in [4.69, 9.17) is 4.98 Å². The van der Waals surface area contributed by atoms with E-state index in [1.165, 1.54) is 16.8 Å². The van der Waals surface area contributed by atoms with Crippen LogP contribution in [0.2, 0.25) is 0 Å². The van der Waals surface area contributed by atoms with Crippen molar-refractivity contribution >= 4 is 44.3 Å². The summed E-state index contributed by atoms with van der Waals surface area (Å²) in [7, 11) is 0. The molecule has 1 aromatic carbocycles. The van der Waals surface area contributed by atoms with Crippen LogP contribution in [0.4, 0.5) is 10.2 Å². The Hall–Kier alpha value is -4.61. The minimum Gasteiger partial charge on any atom is -0.315 e. The Labute approximate surface area is 245 Å². The summed E-state index contributed by atoms with van der Waals surface area (Å²) in [5.74, 6) is -0.550. The maximum atomic E-state index is 15.8. The fourth-order valence-corrected chi connectivity index (χ4v) is 6.50. The van der Waals surface area contributed by atoms with Crippen LogP contribution in [-0.2, 0) is 6.42 Å². The average Bonchev–Trinajstić information content (AvgIpc) is 3.67. The maximum absolute atomic E-state index is 15.8. The zero-order valence-electron chi connectivity index (χ0n) is 22.9. The van der Waals surface area contributed by atoms with Crippen LogP contribution >= 0.6 is 11.3 Å². The Kier molecular flexibility index (Phi) is 6.88. The molecule has 0 radical (unpaired) electrons. The number of nitrogens with one attached hydrogen (secondary N) is 1. The van der Waals surface area contributed by atoms with Crippen molar-refractivity contribution in [2.24, 2.45) is 0 Å². The fourth-order valence-electron chi connectivity index (χ4n) is 5.47. The Morgan fingerprint density at radius 1 is 1.14 bits per heavy atom. The van der Waals surface area contributed by atoms with Gasteiger partial charge in [-0.1, -0.05) is 12.1 Å². The lowest BCUT2D eigenvalue weighted by Gasteiger charge is -2.34. The van der Waals surface area contributed by atoms with Crippen LogP contribution in [0.1, 0.15) is 35.7 Å². The lowest BCUT2D eigenvalue weighted by molar-refractivity contribution is 0.0968. The van der Waals surface area contributed by atoms with Crippen LogP contribution in [0, 0.1) is 5.82 Å². The minimum atomic E-state index is -0.647. The van der Waals surface area contributed by atoms with E-state index >= 15 is 4.39 Å².